The summed E-state index contributed by atoms with van der Waals surface area (Å²) in [5.41, 5.74) is 0. The topological polar surface area (TPSA) is 46.6 Å². The fraction of sp³-hybridized carbons (Fsp3) is 0.750. The Bertz CT molecular complexity index is 177. The number of amides is 1. The van der Waals surface area contributed by atoms with Crippen LogP contribution in [0.15, 0.2) is 0 Å². The monoisotopic (exact) mass is 173 g/mol. The van der Waals surface area contributed by atoms with Crippen molar-refractivity contribution < 1.29 is 14.3 Å². The molecule has 0 aliphatic carbocycles. The van der Waals surface area contributed by atoms with E-state index in [4.69, 9.17) is 0 Å². The van der Waals surface area contributed by atoms with Crippen molar-refractivity contribution in [1.29, 1.82) is 0 Å². The van der Waals surface area contributed by atoms with Crippen LogP contribution in [0.5, 0.6) is 0 Å². The van der Waals surface area contributed by atoms with Gasteiger partial charge in [0.2, 0.25) is 0 Å². The van der Waals surface area contributed by atoms with Crippen molar-refractivity contribution in [3.8, 4) is 0 Å². The van der Waals surface area contributed by atoms with Gasteiger partial charge >= 0.3 is 11.9 Å². The number of rotatable bonds is 2. The lowest BCUT2D eigenvalue weighted by molar-refractivity contribution is -0.159. The maximum atomic E-state index is 11.1. The van der Waals surface area contributed by atoms with E-state index in [1.54, 1.807) is 14.0 Å². The molecular formula is C8H15NO3. The van der Waals surface area contributed by atoms with E-state index in [9.17, 15) is 9.59 Å². The van der Waals surface area contributed by atoms with Gasteiger partial charge in [0.15, 0.2) is 0 Å². The van der Waals surface area contributed by atoms with Gasteiger partial charge in [-0.3, -0.25) is 4.79 Å². The zero-order chi connectivity index (χ0) is 9.72. The molecule has 0 rings (SSSR count). The van der Waals surface area contributed by atoms with E-state index in [2.05, 4.69) is 4.74 Å². The maximum absolute atomic E-state index is 11.1. The first-order valence-corrected chi connectivity index (χ1v) is 3.94. The van der Waals surface area contributed by atoms with Crippen LogP contribution in [0.2, 0.25) is 0 Å². The zero-order valence-corrected chi connectivity index (χ0v) is 7.96. The van der Waals surface area contributed by atoms with Crippen LogP contribution in [-0.4, -0.2) is 36.5 Å². The Labute approximate surface area is 72.5 Å². The van der Waals surface area contributed by atoms with E-state index in [0.29, 0.717) is 0 Å². The largest absolute Gasteiger partial charge is 0.459 e. The highest BCUT2D eigenvalue weighted by Crippen LogP contribution is 1.95. The lowest BCUT2D eigenvalue weighted by Crippen LogP contribution is -2.38. The third kappa shape index (κ3) is 2.90. The molecule has 0 aromatic carbocycles. The molecule has 0 spiro atoms. The molecule has 4 heteroatoms. The molecule has 0 aromatic heterocycles. The van der Waals surface area contributed by atoms with Crippen LogP contribution in [0, 0.1) is 0 Å². The van der Waals surface area contributed by atoms with Crippen LogP contribution in [0.25, 0.3) is 0 Å². The Hall–Kier alpha value is -1.06. The standard InChI is InChI=1S/C8H15NO3/c1-5-12-8(11)7(10)9(4)6(2)3/h6H,5H2,1-4H3. The maximum Gasteiger partial charge on any atom is 0.397 e. The Morgan fingerprint density at radius 1 is 1.42 bits per heavy atom. The van der Waals surface area contributed by atoms with Gasteiger partial charge in [-0.15, -0.1) is 0 Å². The molecule has 0 N–H and O–H groups in total. The summed E-state index contributed by atoms with van der Waals surface area (Å²) in [6.07, 6.45) is 0. The Morgan fingerprint density at radius 2 is 1.92 bits per heavy atom. The van der Waals surface area contributed by atoms with Crippen molar-refractivity contribution >= 4 is 11.9 Å². The van der Waals surface area contributed by atoms with Gasteiger partial charge in [-0.25, -0.2) is 4.79 Å². The number of likely N-dealkylation sites (N-methyl/N-ethyl adjacent to an activating group) is 1. The van der Waals surface area contributed by atoms with Crippen molar-refractivity contribution in [2.45, 2.75) is 26.8 Å². The normalized spacial score (nSPS) is 9.75. The van der Waals surface area contributed by atoms with Crippen LogP contribution in [0.1, 0.15) is 20.8 Å². The lowest BCUT2D eigenvalue weighted by atomic mass is 10.3. The number of ether oxygens (including phenoxy) is 1. The summed E-state index contributed by atoms with van der Waals surface area (Å²) in [4.78, 5) is 23.3. The molecule has 4 nitrogen and oxygen atoms in total. The molecule has 0 atom stereocenters. The van der Waals surface area contributed by atoms with E-state index in [1.165, 1.54) is 4.90 Å². The van der Waals surface area contributed by atoms with E-state index in [0.717, 1.165) is 0 Å². The van der Waals surface area contributed by atoms with Crippen LogP contribution in [0.3, 0.4) is 0 Å². The first-order valence-electron chi connectivity index (χ1n) is 3.94. The molecule has 1 amide bonds. The van der Waals surface area contributed by atoms with Crippen LogP contribution < -0.4 is 0 Å². The number of nitrogens with zero attached hydrogens (tertiary/aromatic N) is 1. The van der Waals surface area contributed by atoms with Gasteiger partial charge in [0.25, 0.3) is 0 Å². The Kier molecular flexibility index (Phi) is 4.33. The van der Waals surface area contributed by atoms with Gasteiger partial charge < -0.3 is 9.64 Å². The highest BCUT2D eigenvalue weighted by Gasteiger charge is 2.21. The zero-order valence-electron chi connectivity index (χ0n) is 7.96. The van der Waals surface area contributed by atoms with Gasteiger partial charge in [-0.2, -0.15) is 0 Å². The highest BCUT2D eigenvalue weighted by molar-refractivity contribution is 6.32. The first kappa shape index (κ1) is 10.9. The minimum absolute atomic E-state index is 0.0157. The third-order valence-corrected chi connectivity index (χ3v) is 1.54. The predicted molar refractivity (Wildman–Crippen MR) is 44.5 cm³/mol. The Balaban J connectivity index is 4.10. The van der Waals surface area contributed by atoms with E-state index in [-0.39, 0.29) is 12.6 Å². The van der Waals surface area contributed by atoms with Crippen molar-refractivity contribution in [3.63, 3.8) is 0 Å². The van der Waals surface area contributed by atoms with Gasteiger partial charge in [-0.1, -0.05) is 0 Å². The molecule has 0 fully saturated rings. The average molecular weight is 173 g/mol. The van der Waals surface area contributed by atoms with E-state index in [1.807, 2.05) is 13.8 Å². The number of carbonyl (C=O) groups is 2. The van der Waals surface area contributed by atoms with Gasteiger partial charge in [0.05, 0.1) is 6.61 Å². The highest BCUT2D eigenvalue weighted by atomic mass is 16.5. The van der Waals surface area contributed by atoms with E-state index < -0.39 is 11.9 Å². The Morgan fingerprint density at radius 3 is 2.25 bits per heavy atom. The summed E-state index contributed by atoms with van der Waals surface area (Å²) in [7, 11) is 1.57. The molecule has 0 aliphatic rings. The molecular weight excluding hydrogens is 158 g/mol. The molecule has 0 aromatic rings. The molecule has 70 valence electrons. The van der Waals surface area contributed by atoms with Crippen molar-refractivity contribution in [2.24, 2.45) is 0 Å². The van der Waals surface area contributed by atoms with Crippen LogP contribution in [0.4, 0.5) is 0 Å². The number of esters is 1. The van der Waals surface area contributed by atoms with Gasteiger partial charge in [-0.05, 0) is 20.8 Å². The van der Waals surface area contributed by atoms with Crippen LogP contribution >= 0.6 is 0 Å². The second kappa shape index (κ2) is 4.74. The van der Waals surface area contributed by atoms with Crippen LogP contribution in [-0.2, 0) is 14.3 Å². The molecule has 0 bridgehead atoms. The predicted octanol–water partition coefficient (Wildman–Crippen LogP) is 0.416. The lowest BCUT2D eigenvalue weighted by Gasteiger charge is -2.19. The molecule has 0 saturated heterocycles. The van der Waals surface area contributed by atoms with Crippen molar-refractivity contribution in [1.82, 2.24) is 4.90 Å². The SMILES string of the molecule is CCOC(=O)C(=O)N(C)C(C)C. The first-order chi connectivity index (χ1) is 5.50. The summed E-state index contributed by atoms with van der Waals surface area (Å²) in [6, 6.07) is 0.0157. The molecule has 0 saturated carbocycles. The van der Waals surface area contributed by atoms with Gasteiger partial charge in [0.1, 0.15) is 0 Å². The average Bonchev–Trinajstić information content (AvgIpc) is 2.02. The summed E-state index contributed by atoms with van der Waals surface area (Å²) >= 11 is 0. The summed E-state index contributed by atoms with van der Waals surface area (Å²) in [6.45, 7) is 5.56. The molecule has 0 aliphatic heterocycles. The van der Waals surface area contributed by atoms with Gasteiger partial charge in [0, 0.05) is 13.1 Å². The molecule has 0 unspecified atom stereocenters. The molecule has 0 radical (unpaired) electrons. The van der Waals surface area contributed by atoms with Crippen molar-refractivity contribution in [2.75, 3.05) is 13.7 Å². The minimum atomic E-state index is -0.784. The smallest absolute Gasteiger partial charge is 0.397 e. The number of hydrogen-bond acceptors (Lipinski definition) is 3. The summed E-state index contributed by atoms with van der Waals surface area (Å²) < 4.78 is 4.54. The van der Waals surface area contributed by atoms with E-state index >= 15 is 0 Å². The third-order valence-electron chi connectivity index (χ3n) is 1.54. The fourth-order valence-corrected chi connectivity index (χ4v) is 0.571. The molecule has 0 heterocycles. The second-order valence-electron chi connectivity index (χ2n) is 2.73. The fourth-order valence-electron chi connectivity index (χ4n) is 0.571. The second-order valence-corrected chi connectivity index (χ2v) is 2.73. The number of hydrogen-bond donors (Lipinski definition) is 0. The number of carbonyl (C=O) groups excluding carboxylic acids is 2. The minimum Gasteiger partial charge on any atom is -0.459 e. The molecule has 12 heavy (non-hydrogen) atoms. The summed E-state index contributed by atoms with van der Waals surface area (Å²) in [5.74, 6) is -1.37. The van der Waals surface area contributed by atoms with Crippen molar-refractivity contribution in [3.05, 3.63) is 0 Å². The summed E-state index contributed by atoms with van der Waals surface area (Å²) in [5, 5.41) is 0. The quantitative estimate of drug-likeness (QED) is 0.449.